The second-order valence-corrected chi connectivity index (χ2v) is 6.32. The highest BCUT2D eigenvalue weighted by Crippen LogP contribution is 2.33. The van der Waals surface area contributed by atoms with E-state index in [1.807, 2.05) is 18.2 Å². The lowest BCUT2D eigenvalue weighted by Crippen LogP contribution is -2.35. The highest BCUT2D eigenvalue weighted by atomic mass is 35.5. The molecule has 0 spiro atoms. The number of imidazole rings is 1. The van der Waals surface area contributed by atoms with Crippen LogP contribution in [0.25, 0.3) is 11.0 Å². The minimum absolute atomic E-state index is 0.122. The van der Waals surface area contributed by atoms with Crippen molar-refractivity contribution >= 4 is 28.6 Å². The standard InChI is InChI=1S/C17H18ClN5O/c1-24-15-7-8-19-17(22-15)23-9-3-2-4-14(23)16-20-12-6-5-11(18)10-13(12)21-16/h5-8,10,14H,2-4,9H2,1H3,(H,20,21). The van der Waals surface area contributed by atoms with Crippen molar-refractivity contribution in [3.8, 4) is 5.88 Å². The van der Waals surface area contributed by atoms with Crippen molar-refractivity contribution in [2.24, 2.45) is 0 Å². The number of rotatable bonds is 3. The highest BCUT2D eigenvalue weighted by molar-refractivity contribution is 6.31. The molecule has 124 valence electrons. The fourth-order valence-corrected chi connectivity index (χ4v) is 3.37. The fraction of sp³-hybridized carbons (Fsp3) is 0.353. The van der Waals surface area contributed by atoms with Gasteiger partial charge in [-0.15, -0.1) is 0 Å². The summed E-state index contributed by atoms with van der Waals surface area (Å²) in [5, 5.41) is 0.703. The van der Waals surface area contributed by atoms with Gasteiger partial charge in [0, 0.05) is 23.8 Å². The van der Waals surface area contributed by atoms with E-state index in [9.17, 15) is 0 Å². The van der Waals surface area contributed by atoms with Gasteiger partial charge in [0.2, 0.25) is 11.8 Å². The van der Waals surface area contributed by atoms with E-state index >= 15 is 0 Å². The summed E-state index contributed by atoms with van der Waals surface area (Å²) in [4.78, 5) is 19.3. The van der Waals surface area contributed by atoms with Gasteiger partial charge in [0.25, 0.3) is 0 Å². The minimum atomic E-state index is 0.122. The Labute approximate surface area is 144 Å². The Morgan fingerprint density at radius 2 is 2.17 bits per heavy atom. The number of methoxy groups -OCH3 is 1. The van der Waals surface area contributed by atoms with Gasteiger partial charge in [-0.05, 0) is 37.5 Å². The summed E-state index contributed by atoms with van der Waals surface area (Å²) in [6.45, 7) is 0.898. The van der Waals surface area contributed by atoms with Crippen LogP contribution in [0.15, 0.2) is 30.5 Å². The SMILES string of the molecule is COc1ccnc(N2CCCCC2c2nc3ccc(Cl)cc3[nH]2)n1. The Kier molecular flexibility index (Phi) is 3.98. The van der Waals surface area contributed by atoms with Crippen molar-refractivity contribution in [3.05, 3.63) is 41.3 Å². The van der Waals surface area contributed by atoms with Gasteiger partial charge in [0.05, 0.1) is 24.2 Å². The number of anilines is 1. The summed E-state index contributed by atoms with van der Waals surface area (Å²) in [6.07, 6.45) is 5.01. The first-order valence-corrected chi connectivity index (χ1v) is 8.41. The Bertz CT molecular complexity index is 865. The number of hydrogen-bond donors (Lipinski definition) is 1. The number of nitrogens with zero attached hydrogens (tertiary/aromatic N) is 4. The first-order chi connectivity index (χ1) is 11.7. The number of halogens is 1. The molecule has 1 aliphatic rings. The molecule has 3 heterocycles. The topological polar surface area (TPSA) is 66.9 Å². The molecule has 2 aromatic heterocycles. The molecular formula is C17H18ClN5O. The zero-order valence-corrected chi connectivity index (χ0v) is 14.1. The van der Waals surface area contributed by atoms with Gasteiger partial charge in [0.15, 0.2) is 0 Å². The van der Waals surface area contributed by atoms with Gasteiger partial charge >= 0.3 is 0 Å². The van der Waals surface area contributed by atoms with Gasteiger partial charge < -0.3 is 14.6 Å². The van der Waals surface area contributed by atoms with E-state index in [1.54, 1.807) is 19.4 Å². The number of piperidine rings is 1. The quantitative estimate of drug-likeness (QED) is 0.784. The molecule has 1 atom stereocenters. The maximum absolute atomic E-state index is 6.08. The molecule has 0 amide bonds. The van der Waals surface area contributed by atoms with E-state index in [0.29, 0.717) is 16.9 Å². The lowest BCUT2D eigenvalue weighted by molar-refractivity contribution is 0.393. The summed E-state index contributed by atoms with van der Waals surface area (Å²) in [6, 6.07) is 7.58. The Morgan fingerprint density at radius 1 is 1.25 bits per heavy atom. The number of fused-ring (bicyclic) bond motifs is 1. The molecule has 1 saturated heterocycles. The molecule has 0 radical (unpaired) electrons. The molecule has 1 aliphatic heterocycles. The van der Waals surface area contributed by atoms with Crippen molar-refractivity contribution in [1.29, 1.82) is 0 Å². The molecule has 1 aromatic carbocycles. The summed E-state index contributed by atoms with van der Waals surface area (Å²) in [7, 11) is 1.61. The van der Waals surface area contributed by atoms with Crippen molar-refractivity contribution in [3.63, 3.8) is 0 Å². The van der Waals surface area contributed by atoms with Gasteiger partial charge in [-0.1, -0.05) is 11.6 Å². The van der Waals surface area contributed by atoms with Crippen LogP contribution in [-0.4, -0.2) is 33.6 Å². The van der Waals surface area contributed by atoms with E-state index in [1.165, 1.54) is 0 Å². The number of nitrogens with one attached hydrogen (secondary N) is 1. The number of benzene rings is 1. The minimum Gasteiger partial charge on any atom is -0.481 e. The molecule has 4 rings (SSSR count). The summed E-state index contributed by atoms with van der Waals surface area (Å²) in [5.41, 5.74) is 1.88. The van der Waals surface area contributed by atoms with Gasteiger partial charge in [-0.25, -0.2) is 9.97 Å². The maximum Gasteiger partial charge on any atom is 0.229 e. The Balaban J connectivity index is 1.72. The molecule has 1 unspecified atom stereocenters. The lowest BCUT2D eigenvalue weighted by Gasteiger charge is -2.34. The predicted octanol–water partition coefficient (Wildman–Crippen LogP) is 3.75. The third-order valence-electron chi connectivity index (χ3n) is 4.36. The molecule has 24 heavy (non-hydrogen) atoms. The molecule has 3 aromatic rings. The number of aromatic nitrogens is 4. The van der Waals surface area contributed by atoms with Crippen LogP contribution in [0.1, 0.15) is 31.1 Å². The number of aromatic amines is 1. The fourth-order valence-electron chi connectivity index (χ4n) is 3.20. The van der Waals surface area contributed by atoms with E-state index in [2.05, 4.69) is 19.9 Å². The van der Waals surface area contributed by atoms with E-state index < -0.39 is 0 Å². The number of ether oxygens (including phenoxy) is 1. The predicted molar refractivity (Wildman–Crippen MR) is 93.6 cm³/mol. The Hall–Kier alpha value is -2.34. The second-order valence-electron chi connectivity index (χ2n) is 5.89. The lowest BCUT2D eigenvalue weighted by atomic mass is 10.0. The zero-order chi connectivity index (χ0) is 16.5. The molecule has 7 heteroatoms. The van der Waals surface area contributed by atoms with Crippen molar-refractivity contribution < 1.29 is 4.74 Å². The van der Waals surface area contributed by atoms with Crippen LogP contribution in [0.5, 0.6) is 5.88 Å². The molecule has 1 N–H and O–H groups in total. The van der Waals surface area contributed by atoms with Crippen LogP contribution in [0.3, 0.4) is 0 Å². The van der Waals surface area contributed by atoms with Gasteiger partial charge in [0.1, 0.15) is 5.82 Å². The zero-order valence-electron chi connectivity index (χ0n) is 13.4. The molecule has 1 fully saturated rings. The first-order valence-electron chi connectivity index (χ1n) is 8.03. The summed E-state index contributed by atoms with van der Waals surface area (Å²) >= 11 is 6.08. The van der Waals surface area contributed by atoms with Crippen LogP contribution in [-0.2, 0) is 0 Å². The summed E-state index contributed by atoms with van der Waals surface area (Å²) < 4.78 is 5.23. The van der Waals surface area contributed by atoms with Crippen LogP contribution in [0.4, 0.5) is 5.95 Å². The van der Waals surface area contributed by atoms with Gasteiger partial charge in [-0.3, -0.25) is 0 Å². The number of H-pyrrole nitrogens is 1. The molecule has 0 aliphatic carbocycles. The van der Waals surface area contributed by atoms with E-state index in [4.69, 9.17) is 21.3 Å². The molecule has 6 nitrogen and oxygen atoms in total. The molecular weight excluding hydrogens is 326 g/mol. The Morgan fingerprint density at radius 3 is 3.04 bits per heavy atom. The maximum atomic E-state index is 6.08. The van der Waals surface area contributed by atoms with Crippen LogP contribution in [0.2, 0.25) is 5.02 Å². The molecule has 0 bridgehead atoms. The van der Waals surface area contributed by atoms with Crippen molar-refractivity contribution in [1.82, 2.24) is 19.9 Å². The molecule has 0 saturated carbocycles. The third-order valence-corrected chi connectivity index (χ3v) is 4.60. The van der Waals surface area contributed by atoms with Crippen molar-refractivity contribution in [2.45, 2.75) is 25.3 Å². The van der Waals surface area contributed by atoms with Gasteiger partial charge in [-0.2, -0.15) is 4.98 Å². The average molecular weight is 344 g/mol. The smallest absolute Gasteiger partial charge is 0.229 e. The van der Waals surface area contributed by atoms with E-state index in [-0.39, 0.29) is 6.04 Å². The third kappa shape index (κ3) is 2.78. The summed E-state index contributed by atoms with van der Waals surface area (Å²) in [5.74, 6) is 2.18. The second kappa shape index (κ2) is 6.28. The average Bonchev–Trinajstić information content (AvgIpc) is 3.04. The van der Waals surface area contributed by atoms with Crippen molar-refractivity contribution in [2.75, 3.05) is 18.6 Å². The van der Waals surface area contributed by atoms with Crippen LogP contribution >= 0.6 is 11.6 Å². The first kappa shape index (κ1) is 15.2. The van der Waals surface area contributed by atoms with Crippen LogP contribution < -0.4 is 9.64 Å². The monoisotopic (exact) mass is 343 g/mol. The highest BCUT2D eigenvalue weighted by Gasteiger charge is 2.28. The number of hydrogen-bond acceptors (Lipinski definition) is 5. The largest absolute Gasteiger partial charge is 0.481 e. The normalized spacial score (nSPS) is 18.1. The van der Waals surface area contributed by atoms with Crippen LogP contribution in [0, 0.1) is 0 Å². The van der Waals surface area contributed by atoms with E-state index in [0.717, 1.165) is 42.7 Å².